The summed E-state index contributed by atoms with van der Waals surface area (Å²) in [4.78, 5) is 17.7. The number of hydrogen-bond acceptors (Lipinski definition) is 4. The van der Waals surface area contributed by atoms with Gasteiger partial charge in [-0.1, -0.05) is 0 Å². The van der Waals surface area contributed by atoms with Crippen LogP contribution in [-0.4, -0.2) is 40.7 Å². The van der Waals surface area contributed by atoms with Crippen molar-refractivity contribution in [1.29, 1.82) is 0 Å². The molecule has 1 aliphatic rings. The molecule has 0 aliphatic heterocycles. The average Bonchev–Trinajstić information content (AvgIpc) is 2.61. The molecule has 1 saturated carbocycles. The Morgan fingerprint density at radius 2 is 1.93 bits per heavy atom. The predicted octanol–water partition coefficient (Wildman–Crippen LogP) is 4.13. The van der Waals surface area contributed by atoms with Crippen LogP contribution in [-0.2, 0) is 6.18 Å². The number of alkyl halides is 3. The number of amides is 2. The number of aliphatic hydroxyl groups excluding tert-OH is 1. The number of halogens is 3. The number of aliphatic hydroxyl groups is 1. The second-order valence-corrected chi connectivity index (χ2v) is 6.81. The number of ether oxygens (including phenoxy) is 1. The van der Waals surface area contributed by atoms with Gasteiger partial charge in [-0.05, 0) is 49.1 Å². The molecule has 6 nitrogen and oxygen atoms in total. The maximum atomic E-state index is 12.6. The Kier molecular flexibility index (Phi) is 5.73. The highest BCUT2D eigenvalue weighted by atomic mass is 19.4. The first kappa shape index (κ1) is 19.9. The van der Waals surface area contributed by atoms with E-state index in [0.29, 0.717) is 31.0 Å². The summed E-state index contributed by atoms with van der Waals surface area (Å²) >= 11 is 0. The molecule has 0 saturated heterocycles. The van der Waals surface area contributed by atoms with Crippen molar-refractivity contribution in [3.8, 4) is 11.6 Å². The molecule has 1 aromatic heterocycles. The molecule has 0 unspecified atom stereocenters. The molecule has 2 N–H and O–H groups in total. The summed E-state index contributed by atoms with van der Waals surface area (Å²) in [7, 11) is 1.68. The van der Waals surface area contributed by atoms with Gasteiger partial charge in [0.2, 0.25) is 5.88 Å². The number of hydrogen-bond donors (Lipinski definition) is 2. The molecule has 2 aromatic rings. The third-order valence-electron chi connectivity index (χ3n) is 4.48. The van der Waals surface area contributed by atoms with Gasteiger partial charge in [-0.2, -0.15) is 13.2 Å². The highest BCUT2D eigenvalue weighted by molar-refractivity contribution is 5.88. The lowest BCUT2D eigenvalue weighted by Crippen LogP contribution is -2.41. The number of nitrogens with one attached hydrogen (secondary N) is 1. The Bertz CT molecular complexity index is 804. The summed E-state index contributed by atoms with van der Waals surface area (Å²) in [6.07, 6.45) is -1.85. The molecule has 2 amide bonds. The van der Waals surface area contributed by atoms with E-state index in [-0.39, 0.29) is 23.8 Å². The molecular formula is C19H20F3N3O3. The summed E-state index contributed by atoms with van der Waals surface area (Å²) in [5, 5.41) is 12.0. The van der Waals surface area contributed by atoms with Crippen LogP contribution in [0.25, 0.3) is 0 Å². The average molecular weight is 395 g/mol. The van der Waals surface area contributed by atoms with Gasteiger partial charge < -0.3 is 20.1 Å². The topological polar surface area (TPSA) is 74.7 Å². The van der Waals surface area contributed by atoms with Gasteiger partial charge in [0.25, 0.3) is 0 Å². The first-order chi connectivity index (χ1) is 13.2. The summed E-state index contributed by atoms with van der Waals surface area (Å²) in [5.41, 5.74) is -0.295. The molecular weight excluding hydrogens is 375 g/mol. The zero-order chi connectivity index (χ0) is 20.3. The summed E-state index contributed by atoms with van der Waals surface area (Å²) in [6, 6.07) is 7.10. The fraction of sp³-hybridized carbons (Fsp3) is 0.368. The van der Waals surface area contributed by atoms with Crippen LogP contribution < -0.4 is 10.1 Å². The largest absolute Gasteiger partial charge is 0.439 e. The number of anilines is 1. The van der Waals surface area contributed by atoms with Crippen molar-refractivity contribution in [3.05, 3.63) is 48.2 Å². The quantitative estimate of drug-likeness (QED) is 0.799. The van der Waals surface area contributed by atoms with Crippen LogP contribution >= 0.6 is 0 Å². The molecule has 0 atom stereocenters. The summed E-state index contributed by atoms with van der Waals surface area (Å²) < 4.78 is 43.1. The molecule has 28 heavy (non-hydrogen) atoms. The molecule has 0 radical (unpaired) electrons. The van der Waals surface area contributed by atoms with E-state index in [1.165, 1.54) is 24.4 Å². The van der Waals surface area contributed by atoms with Gasteiger partial charge in [-0.25, -0.2) is 9.78 Å². The Hall–Kier alpha value is -2.81. The summed E-state index contributed by atoms with van der Waals surface area (Å²) in [5.74, 6) is 0.720. The Morgan fingerprint density at radius 1 is 1.25 bits per heavy atom. The van der Waals surface area contributed by atoms with Crippen molar-refractivity contribution in [1.82, 2.24) is 9.88 Å². The van der Waals surface area contributed by atoms with Crippen LogP contribution in [0.15, 0.2) is 42.6 Å². The van der Waals surface area contributed by atoms with Crippen molar-refractivity contribution < 1.29 is 27.8 Å². The minimum atomic E-state index is -4.40. The normalized spacial score (nSPS) is 18.9. The third kappa shape index (κ3) is 5.13. The molecule has 1 aromatic carbocycles. The van der Waals surface area contributed by atoms with E-state index in [1.54, 1.807) is 18.0 Å². The van der Waals surface area contributed by atoms with E-state index < -0.39 is 11.7 Å². The molecule has 150 valence electrons. The lowest BCUT2D eigenvalue weighted by atomic mass is 9.82. The number of pyridine rings is 1. The fourth-order valence-corrected chi connectivity index (χ4v) is 2.89. The zero-order valence-electron chi connectivity index (χ0n) is 15.1. The van der Waals surface area contributed by atoms with Gasteiger partial charge in [0.1, 0.15) is 5.75 Å². The number of benzene rings is 1. The van der Waals surface area contributed by atoms with Crippen molar-refractivity contribution in [3.63, 3.8) is 0 Å². The van der Waals surface area contributed by atoms with E-state index in [1.807, 2.05) is 0 Å². The van der Waals surface area contributed by atoms with E-state index >= 15 is 0 Å². The number of rotatable bonds is 5. The van der Waals surface area contributed by atoms with Crippen molar-refractivity contribution in [2.45, 2.75) is 25.1 Å². The fourth-order valence-electron chi connectivity index (χ4n) is 2.89. The monoisotopic (exact) mass is 395 g/mol. The Balaban J connectivity index is 1.52. The van der Waals surface area contributed by atoms with Crippen LogP contribution in [0.2, 0.25) is 0 Å². The van der Waals surface area contributed by atoms with Crippen molar-refractivity contribution in [2.24, 2.45) is 5.92 Å². The Morgan fingerprint density at radius 3 is 2.46 bits per heavy atom. The molecule has 1 heterocycles. The van der Waals surface area contributed by atoms with Gasteiger partial charge in [-0.3, -0.25) is 0 Å². The summed E-state index contributed by atoms with van der Waals surface area (Å²) in [6.45, 7) is 0.561. The zero-order valence-corrected chi connectivity index (χ0v) is 15.1. The lowest BCUT2D eigenvalue weighted by Gasteiger charge is -2.34. The van der Waals surface area contributed by atoms with E-state index in [9.17, 15) is 23.1 Å². The molecule has 3 rings (SSSR count). The van der Waals surface area contributed by atoms with E-state index in [0.717, 1.165) is 12.1 Å². The number of nitrogens with zero attached hydrogens (tertiary/aromatic N) is 2. The van der Waals surface area contributed by atoms with Crippen LogP contribution in [0, 0.1) is 5.92 Å². The molecule has 1 fully saturated rings. The molecule has 0 spiro atoms. The predicted molar refractivity (Wildman–Crippen MR) is 96.1 cm³/mol. The maximum absolute atomic E-state index is 12.6. The Labute approximate surface area is 159 Å². The minimum absolute atomic E-state index is 0.189. The molecule has 9 heteroatoms. The number of carbonyl (C=O) groups excluding carboxylic acids is 1. The lowest BCUT2D eigenvalue weighted by molar-refractivity contribution is -0.137. The van der Waals surface area contributed by atoms with E-state index in [2.05, 4.69) is 10.3 Å². The highest BCUT2D eigenvalue weighted by Gasteiger charge is 2.30. The van der Waals surface area contributed by atoms with Crippen LogP contribution in [0.1, 0.15) is 18.4 Å². The van der Waals surface area contributed by atoms with Crippen molar-refractivity contribution in [2.75, 3.05) is 18.9 Å². The van der Waals surface area contributed by atoms with Crippen molar-refractivity contribution >= 4 is 11.7 Å². The third-order valence-corrected chi connectivity index (χ3v) is 4.48. The first-order valence-electron chi connectivity index (χ1n) is 8.72. The van der Waals surface area contributed by atoms with Gasteiger partial charge >= 0.3 is 12.2 Å². The highest BCUT2D eigenvalue weighted by Crippen LogP contribution is 2.31. The maximum Gasteiger partial charge on any atom is 0.416 e. The number of urea groups is 1. The van der Waals surface area contributed by atoms with Gasteiger partial charge in [0.05, 0.1) is 23.6 Å². The number of aromatic nitrogens is 1. The molecule has 1 aliphatic carbocycles. The first-order valence-corrected chi connectivity index (χ1v) is 8.72. The van der Waals surface area contributed by atoms with E-state index in [4.69, 9.17) is 4.74 Å². The van der Waals surface area contributed by atoms with Crippen LogP contribution in [0.3, 0.4) is 0 Å². The standard InChI is InChI=1S/C19H20F3N3O3/c1-25(11-12-8-15(26)9-12)18(27)24-14-4-7-17(23-10-14)28-16-5-2-13(3-6-16)19(20,21)22/h2-7,10,12,15,26H,8-9,11H2,1H3,(H,24,27). The second-order valence-electron chi connectivity index (χ2n) is 6.81. The van der Waals surface area contributed by atoms with Gasteiger partial charge in [0.15, 0.2) is 0 Å². The number of carbonyl (C=O) groups is 1. The second kappa shape index (κ2) is 8.05. The van der Waals surface area contributed by atoms with Crippen LogP contribution in [0.5, 0.6) is 11.6 Å². The SMILES string of the molecule is CN(CC1CC(O)C1)C(=O)Nc1ccc(Oc2ccc(C(F)(F)F)cc2)nc1. The van der Waals surface area contributed by atoms with Crippen LogP contribution in [0.4, 0.5) is 23.7 Å². The smallest absolute Gasteiger partial charge is 0.416 e. The van der Waals surface area contributed by atoms with Gasteiger partial charge in [0, 0.05) is 19.7 Å². The minimum Gasteiger partial charge on any atom is -0.439 e. The molecule has 0 bridgehead atoms. The van der Waals surface area contributed by atoms with Gasteiger partial charge in [-0.15, -0.1) is 0 Å².